The van der Waals surface area contributed by atoms with Crippen molar-refractivity contribution in [3.05, 3.63) is 101 Å². The fraction of sp³-hybridized carbons (Fsp3) is 0.0833. The molecule has 0 unspecified atom stereocenters. The van der Waals surface area contributed by atoms with Crippen LogP contribution in [0, 0.1) is 0 Å². The quantitative estimate of drug-likeness (QED) is 0.503. The molecule has 0 saturated carbocycles. The van der Waals surface area contributed by atoms with E-state index in [1.165, 1.54) is 0 Å². The largest absolute Gasteiger partial charge is 0.464 e. The Kier molecular flexibility index (Phi) is 4.22. The van der Waals surface area contributed by atoms with Crippen molar-refractivity contribution in [2.75, 3.05) is 0 Å². The molecule has 2 N–H and O–H groups in total. The SMILES string of the molecule is NCc1cccc(Cn2c(-c3ccc4occc4c3)nc3ccccc3c2=O)c1. The number of nitrogens with zero attached hydrogens (tertiary/aromatic N) is 2. The summed E-state index contributed by atoms with van der Waals surface area (Å²) in [6, 6.07) is 23.2. The molecular formula is C24H19N3O2. The summed E-state index contributed by atoms with van der Waals surface area (Å²) in [5, 5.41) is 1.58. The van der Waals surface area contributed by atoms with Gasteiger partial charge in [-0.15, -0.1) is 0 Å². The van der Waals surface area contributed by atoms with Crippen LogP contribution in [0.5, 0.6) is 0 Å². The van der Waals surface area contributed by atoms with Gasteiger partial charge < -0.3 is 10.2 Å². The monoisotopic (exact) mass is 381 g/mol. The zero-order valence-corrected chi connectivity index (χ0v) is 15.7. The van der Waals surface area contributed by atoms with Crippen LogP contribution in [0.15, 0.2) is 88.3 Å². The van der Waals surface area contributed by atoms with Gasteiger partial charge in [0.1, 0.15) is 11.4 Å². The molecule has 5 rings (SSSR count). The lowest BCUT2D eigenvalue weighted by atomic mass is 10.1. The fourth-order valence-corrected chi connectivity index (χ4v) is 3.68. The Morgan fingerprint density at radius 2 is 1.79 bits per heavy atom. The highest BCUT2D eigenvalue weighted by Gasteiger charge is 2.14. The van der Waals surface area contributed by atoms with Gasteiger partial charge in [-0.1, -0.05) is 36.4 Å². The van der Waals surface area contributed by atoms with Crippen molar-refractivity contribution in [2.24, 2.45) is 5.73 Å². The summed E-state index contributed by atoms with van der Waals surface area (Å²) in [5.74, 6) is 0.634. The minimum absolute atomic E-state index is 0.0592. The number of nitrogens with two attached hydrogens (primary N) is 1. The number of furan rings is 1. The number of benzene rings is 3. The van der Waals surface area contributed by atoms with Crippen LogP contribution in [-0.4, -0.2) is 9.55 Å². The number of rotatable bonds is 4. The summed E-state index contributed by atoms with van der Waals surface area (Å²) in [6.45, 7) is 0.881. The molecule has 0 saturated heterocycles. The maximum atomic E-state index is 13.4. The summed E-state index contributed by atoms with van der Waals surface area (Å²) < 4.78 is 7.19. The second-order valence-corrected chi connectivity index (χ2v) is 7.04. The van der Waals surface area contributed by atoms with Crippen molar-refractivity contribution in [1.29, 1.82) is 0 Å². The number of para-hydroxylation sites is 1. The molecule has 0 aliphatic heterocycles. The molecule has 0 spiro atoms. The lowest BCUT2D eigenvalue weighted by Gasteiger charge is -2.14. The van der Waals surface area contributed by atoms with Crippen LogP contribution < -0.4 is 11.3 Å². The summed E-state index contributed by atoms with van der Waals surface area (Å²) in [5.41, 5.74) is 10.1. The average Bonchev–Trinajstić information content (AvgIpc) is 3.23. The molecule has 0 radical (unpaired) electrons. The molecule has 3 aromatic carbocycles. The van der Waals surface area contributed by atoms with E-state index >= 15 is 0 Å². The molecule has 5 nitrogen and oxygen atoms in total. The first-order chi connectivity index (χ1) is 14.2. The zero-order chi connectivity index (χ0) is 19.8. The van der Waals surface area contributed by atoms with Crippen LogP contribution in [0.3, 0.4) is 0 Å². The normalized spacial score (nSPS) is 11.3. The molecule has 0 aliphatic carbocycles. The fourth-order valence-electron chi connectivity index (χ4n) is 3.68. The van der Waals surface area contributed by atoms with Crippen molar-refractivity contribution >= 4 is 21.9 Å². The van der Waals surface area contributed by atoms with E-state index in [9.17, 15) is 4.79 Å². The molecule has 2 heterocycles. The number of hydrogen-bond acceptors (Lipinski definition) is 4. The molecule has 0 bridgehead atoms. The Hall–Kier alpha value is -3.70. The average molecular weight is 381 g/mol. The Balaban J connectivity index is 1.74. The molecule has 142 valence electrons. The van der Waals surface area contributed by atoms with Crippen LogP contribution in [0.1, 0.15) is 11.1 Å². The van der Waals surface area contributed by atoms with Crippen LogP contribution in [0.4, 0.5) is 0 Å². The number of fused-ring (bicyclic) bond motifs is 2. The third kappa shape index (κ3) is 3.11. The predicted molar refractivity (Wildman–Crippen MR) is 115 cm³/mol. The van der Waals surface area contributed by atoms with Gasteiger partial charge in [-0.3, -0.25) is 9.36 Å². The van der Waals surface area contributed by atoms with E-state index in [-0.39, 0.29) is 5.56 Å². The van der Waals surface area contributed by atoms with Crippen molar-refractivity contribution in [3.63, 3.8) is 0 Å². The Bertz CT molecular complexity index is 1400. The molecule has 0 aliphatic rings. The highest BCUT2D eigenvalue weighted by molar-refractivity contribution is 5.84. The third-order valence-corrected chi connectivity index (χ3v) is 5.14. The third-order valence-electron chi connectivity index (χ3n) is 5.14. The molecule has 29 heavy (non-hydrogen) atoms. The Morgan fingerprint density at radius 1 is 0.931 bits per heavy atom. The second-order valence-electron chi connectivity index (χ2n) is 7.04. The van der Waals surface area contributed by atoms with Gasteiger partial charge in [-0.05, 0) is 47.5 Å². The summed E-state index contributed by atoms with van der Waals surface area (Å²) >= 11 is 0. The standard InChI is InChI=1S/C24H19N3O2/c25-14-16-4-3-5-17(12-16)15-27-23(19-8-9-22-18(13-19)10-11-29-22)26-21-7-2-1-6-20(21)24(27)28/h1-13H,14-15,25H2. The predicted octanol–water partition coefficient (Wildman–Crippen LogP) is 4.32. The number of hydrogen-bond donors (Lipinski definition) is 1. The van der Waals surface area contributed by atoms with Crippen LogP contribution in [-0.2, 0) is 13.1 Å². The molecule has 2 aromatic heterocycles. The molecule has 5 heteroatoms. The summed E-state index contributed by atoms with van der Waals surface area (Å²) in [6.07, 6.45) is 1.66. The molecule has 0 fully saturated rings. The van der Waals surface area contributed by atoms with Gasteiger partial charge in [0.05, 0.1) is 23.7 Å². The van der Waals surface area contributed by atoms with E-state index < -0.39 is 0 Å². The maximum Gasteiger partial charge on any atom is 0.261 e. The first kappa shape index (κ1) is 17.4. The van der Waals surface area contributed by atoms with E-state index in [0.717, 1.165) is 27.7 Å². The van der Waals surface area contributed by atoms with E-state index in [2.05, 4.69) is 0 Å². The van der Waals surface area contributed by atoms with Crippen molar-refractivity contribution in [2.45, 2.75) is 13.1 Å². The smallest absolute Gasteiger partial charge is 0.261 e. The van der Waals surface area contributed by atoms with Crippen molar-refractivity contribution < 1.29 is 4.42 Å². The molecular weight excluding hydrogens is 362 g/mol. The summed E-state index contributed by atoms with van der Waals surface area (Å²) in [4.78, 5) is 18.2. The Labute approximate surface area is 167 Å². The lowest BCUT2D eigenvalue weighted by Crippen LogP contribution is -2.24. The molecule has 5 aromatic rings. The van der Waals surface area contributed by atoms with E-state index in [1.807, 2.05) is 72.8 Å². The minimum atomic E-state index is -0.0592. The van der Waals surface area contributed by atoms with Gasteiger partial charge >= 0.3 is 0 Å². The zero-order valence-electron chi connectivity index (χ0n) is 15.7. The highest BCUT2D eigenvalue weighted by atomic mass is 16.3. The van der Waals surface area contributed by atoms with Gasteiger partial charge in [-0.2, -0.15) is 0 Å². The van der Waals surface area contributed by atoms with Crippen LogP contribution in [0.25, 0.3) is 33.3 Å². The first-order valence-electron chi connectivity index (χ1n) is 9.48. The lowest BCUT2D eigenvalue weighted by molar-refractivity contribution is 0.616. The van der Waals surface area contributed by atoms with Crippen molar-refractivity contribution in [1.82, 2.24) is 9.55 Å². The Morgan fingerprint density at radius 3 is 2.69 bits per heavy atom. The number of aromatic nitrogens is 2. The van der Waals surface area contributed by atoms with Crippen molar-refractivity contribution in [3.8, 4) is 11.4 Å². The molecule has 0 amide bonds. The van der Waals surface area contributed by atoms with Gasteiger partial charge in [0.15, 0.2) is 0 Å². The van der Waals surface area contributed by atoms with Crippen LogP contribution >= 0.6 is 0 Å². The van der Waals surface area contributed by atoms with E-state index in [4.69, 9.17) is 15.1 Å². The summed E-state index contributed by atoms with van der Waals surface area (Å²) in [7, 11) is 0. The van der Waals surface area contributed by atoms with Gasteiger partial charge in [0.25, 0.3) is 5.56 Å². The van der Waals surface area contributed by atoms with Gasteiger partial charge in [-0.25, -0.2) is 4.98 Å². The van der Waals surface area contributed by atoms with E-state index in [0.29, 0.717) is 29.8 Å². The minimum Gasteiger partial charge on any atom is -0.464 e. The first-order valence-corrected chi connectivity index (χ1v) is 9.48. The van der Waals surface area contributed by atoms with E-state index in [1.54, 1.807) is 10.8 Å². The van der Waals surface area contributed by atoms with Gasteiger partial charge in [0.2, 0.25) is 0 Å². The topological polar surface area (TPSA) is 74.1 Å². The maximum absolute atomic E-state index is 13.4. The molecule has 0 atom stereocenters. The highest BCUT2D eigenvalue weighted by Crippen LogP contribution is 2.25. The van der Waals surface area contributed by atoms with Gasteiger partial charge in [0, 0.05) is 17.5 Å². The van der Waals surface area contributed by atoms with Crippen LogP contribution in [0.2, 0.25) is 0 Å². The second kappa shape index (κ2) is 7.04.